The Balaban J connectivity index is 0.000000134. The van der Waals surface area contributed by atoms with E-state index in [1.165, 1.54) is 76.3 Å². The molecule has 5 aromatic rings. The molecule has 0 saturated carbocycles. The Morgan fingerprint density at radius 2 is 1.39 bits per heavy atom. The number of H-pyrrole nitrogens is 1. The number of benzene rings is 3. The summed E-state index contributed by atoms with van der Waals surface area (Å²) in [6, 6.07) is 25.5. The van der Waals surface area contributed by atoms with Gasteiger partial charge in [0.25, 0.3) is 11.8 Å². The number of aromatic nitrogens is 4. The van der Waals surface area contributed by atoms with Gasteiger partial charge in [0.05, 0.1) is 54.5 Å². The summed E-state index contributed by atoms with van der Waals surface area (Å²) in [6.45, 7) is 16.4. The standard InChI is InChI=1S/C25H26N4O4S.C15H15N3O2S.C13H26N2/c30-25(27-12-14-33-15-13-27)23-21-17-34(31,32)22-9-5-4-8-20(22)24(21)29(26-23)19-10-11-28(16-19)18-6-2-1-3-7-18;19-15(18-5-7-20-8-6-18)14-11-9-21-12-4-2-1-3-10(12)13(11)16-17-14;1-2-13-6-9-15(12-13)11-10-14-7-4-3-5-8-14/h1-9,19H,10-17H2;1-4H,5-9H2,(H,16,17);13H,2-12H2,1H3/t;;13-/m..1/s1. The van der Waals surface area contributed by atoms with E-state index in [0.29, 0.717) is 74.3 Å². The number of sulfone groups is 1. The van der Waals surface area contributed by atoms with E-state index in [2.05, 4.69) is 56.1 Å². The zero-order chi connectivity index (χ0) is 48.0. The second-order valence-corrected chi connectivity index (χ2v) is 22.4. The first-order valence-electron chi connectivity index (χ1n) is 25.5. The fourth-order valence-electron chi connectivity index (χ4n) is 10.9. The molecule has 12 rings (SSSR count). The minimum atomic E-state index is -3.57. The number of carbonyl (C=O) groups excluding carboxylic acids is 2. The SMILES string of the molecule is CC[C@@H]1CCN(CCN2CCCCC2)C1.O=C(c1[nH]nc2c1CSc1ccccc1-2)N1CCOCC1.O=C(c1nn(C2CCN(c3ccccc3)C2)c2c1CS(=O)(=O)c1ccccc1-2)N1CCOCC1. The maximum Gasteiger partial charge on any atom is 0.274 e. The van der Waals surface area contributed by atoms with Gasteiger partial charge in [-0.3, -0.25) is 19.4 Å². The highest BCUT2D eigenvalue weighted by atomic mass is 32.2. The number of fused-ring (bicyclic) bond motifs is 6. The Morgan fingerprint density at radius 3 is 2.11 bits per heavy atom. The third-order valence-electron chi connectivity index (χ3n) is 15.0. The molecular weight excluding hydrogens is 923 g/mol. The van der Waals surface area contributed by atoms with Gasteiger partial charge < -0.3 is 34.0 Å². The highest BCUT2D eigenvalue weighted by Crippen LogP contribution is 2.43. The van der Waals surface area contributed by atoms with Crippen LogP contribution in [0.3, 0.4) is 0 Å². The van der Waals surface area contributed by atoms with Gasteiger partial charge in [-0.1, -0.05) is 74.4 Å². The van der Waals surface area contributed by atoms with Crippen molar-refractivity contribution in [2.24, 2.45) is 5.92 Å². The summed E-state index contributed by atoms with van der Waals surface area (Å²) in [5.41, 5.74) is 7.02. The van der Waals surface area contributed by atoms with E-state index in [9.17, 15) is 18.0 Å². The third kappa shape index (κ3) is 10.6. The van der Waals surface area contributed by atoms with Crippen molar-refractivity contribution in [3.05, 3.63) is 101 Å². The van der Waals surface area contributed by atoms with Gasteiger partial charge >= 0.3 is 0 Å². The summed E-state index contributed by atoms with van der Waals surface area (Å²) in [7, 11) is -3.57. The van der Waals surface area contributed by atoms with E-state index in [4.69, 9.17) is 14.6 Å². The predicted octanol–water partition coefficient (Wildman–Crippen LogP) is 7.12. The van der Waals surface area contributed by atoms with E-state index in [1.54, 1.807) is 28.8 Å². The number of anilines is 1. The minimum Gasteiger partial charge on any atom is -0.378 e. The largest absolute Gasteiger partial charge is 0.378 e. The van der Waals surface area contributed by atoms with Crippen LogP contribution in [-0.2, 0) is 30.8 Å². The number of para-hydroxylation sites is 1. The van der Waals surface area contributed by atoms with Crippen LogP contribution in [-0.4, -0.2) is 165 Å². The van der Waals surface area contributed by atoms with Crippen molar-refractivity contribution in [3.8, 4) is 22.5 Å². The Morgan fingerprint density at radius 1 is 0.714 bits per heavy atom. The van der Waals surface area contributed by atoms with Crippen LogP contribution in [0.1, 0.15) is 83.6 Å². The number of hydrogen-bond donors (Lipinski definition) is 1. The lowest BCUT2D eigenvalue weighted by atomic mass is 10.0. The molecule has 3 aromatic carbocycles. The first kappa shape index (κ1) is 48.6. The minimum absolute atomic E-state index is 0.0343. The fraction of sp³-hybridized carbons (Fsp3) is 0.509. The molecule has 5 fully saturated rings. The highest BCUT2D eigenvalue weighted by Gasteiger charge is 2.40. The predicted molar refractivity (Wildman–Crippen MR) is 273 cm³/mol. The number of ether oxygens (including phenoxy) is 2. The molecule has 1 N–H and O–H groups in total. The molecule has 0 aliphatic carbocycles. The Hall–Kier alpha value is -5.04. The van der Waals surface area contributed by atoms with Crippen molar-refractivity contribution >= 4 is 39.1 Å². The molecule has 2 amide bonds. The molecule has 372 valence electrons. The average molecular weight is 990 g/mol. The number of thioether (sulfide) groups is 1. The van der Waals surface area contributed by atoms with Crippen molar-refractivity contribution in [3.63, 3.8) is 0 Å². The molecule has 1 unspecified atom stereocenters. The summed E-state index contributed by atoms with van der Waals surface area (Å²) in [4.78, 5) is 38.9. The number of carbonyl (C=O) groups is 2. The molecule has 0 spiro atoms. The summed E-state index contributed by atoms with van der Waals surface area (Å²) in [5, 5.41) is 12.2. The summed E-state index contributed by atoms with van der Waals surface area (Å²) in [6.07, 6.45) is 7.99. The van der Waals surface area contributed by atoms with Crippen LogP contribution in [0.25, 0.3) is 22.5 Å². The third-order valence-corrected chi connectivity index (χ3v) is 17.8. The van der Waals surface area contributed by atoms with E-state index < -0.39 is 9.84 Å². The highest BCUT2D eigenvalue weighted by molar-refractivity contribution is 7.98. The number of hydrogen-bond acceptors (Lipinski definition) is 12. The smallest absolute Gasteiger partial charge is 0.274 e. The van der Waals surface area contributed by atoms with Crippen LogP contribution >= 0.6 is 11.8 Å². The van der Waals surface area contributed by atoms with Crippen molar-refractivity contribution in [2.45, 2.75) is 72.8 Å². The van der Waals surface area contributed by atoms with E-state index in [0.717, 1.165) is 59.4 Å². The fourth-order valence-corrected chi connectivity index (χ4v) is 13.6. The normalized spacial score (nSPS) is 21.9. The van der Waals surface area contributed by atoms with Crippen molar-refractivity contribution in [1.29, 1.82) is 0 Å². The number of morpholine rings is 2. The van der Waals surface area contributed by atoms with Gasteiger partial charge in [-0.15, -0.1) is 11.8 Å². The number of rotatable bonds is 8. The summed E-state index contributed by atoms with van der Waals surface area (Å²) < 4.78 is 39.0. The molecular formula is C53H67N9O6S2. The lowest BCUT2D eigenvalue weighted by Gasteiger charge is -2.28. The Kier molecular flexibility index (Phi) is 15.4. The maximum atomic E-state index is 13.5. The number of likely N-dealkylation sites (tertiary alicyclic amines) is 2. The van der Waals surface area contributed by atoms with E-state index in [-0.39, 0.29) is 29.3 Å². The van der Waals surface area contributed by atoms with Crippen LogP contribution in [0.4, 0.5) is 5.69 Å². The maximum absolute atomic E-state index is 13.5. The Bertz CT molecular complexity index is 2710. The second-order valence-electron chi connectivity index (χ2n) is 19.4. The van der Waals surface area contributed by atoms with Crippen LogP contribution in [0, 0.1) is 5.92 Å². The molecule has 70 heavy (non-hydrogen) atoms. The number of nitrogens with one attached hydrogen (secondary N) is 1. The zero-order valence-corrected chi connectivity index (χ0v) is 42.1. The van der Waals surface area contributed by atoms with Gasteiger partial charge in [-0.25, -0.2) is 8.42 Å². The molecule has 2 aromatic heterocycles. The Labute approximate surface area is 416 Å². The monoisotopic (exact) mass is 989 g/mol. The topological polar surface area (TPSA) is 149 Å². The van der Waals surface area contributed by atoms with Gasteiger partial charge in [0.15, 0.2) is 15.5 Å². The van der Waals surface area contributed by atoms with Gasteiger partial charge in [0.1, 0.15) is 5.69 Å². The first-order valence-corrected chi connectivity index (χ1v) is 28.1. The van der Waals surface area contributed by atoms with E-state index >= 15 is 0 Å². The molecule has 9 heterocycles. The zero-order valence-electron chi connectivity index (χ0n) is 40.5. The molecule has 7 aliphatic heterocycles. The first-order chi connectivity index (χ1) is 34.3. The molecule has 5 saturated heterocycles. The van der Waals surface area contributed by atoms with Crippen molar-refractivity contribution in [2.75, 3.05) is 110 Å². The van der Waals surface area contributed by atoms with Crippen LogP contribution in [0.5, 0.6) is 0 Å². The lowest BCUT2D eigenvalue weighted by Crippen LogP contribution is -2.41. The molecule has 15 nitrogen and oxygen atoms in total. The van der Waals surface area contributed by atoms with Crippen LogP contribution < -0.4 is 4.90 Å². The number of piperidine rings is 1. The van der Waals surface area contributed by atoms with Crippen molar-refractivity contribution < 1.29 is 27.5 Å². The summed E-state index contributed by atoms with van der Waals surface area (Å²) in [5.74, 6) is 1.39. The average Bonchev–Trinajstić information content (AvgIpc) is 4.26. The van der Waals surface area contributed by atoms with Crippen molar-refractivity contribution in [1.82, 2.24) is 39.6 Å². The molecule has 7 aliphatic rings. The van der Waals surface area contributed by atoms with Gasteiger partial charge in [0, 0.05) is 97.5 Å². The number of aromatic amines is 1. The van der Waals surface area contributed by atoms with Crippen LogP contribution in [0.2, 0.25) is 0 Å². The quantitative estimate of drug-likeness (QED) is 0.169. The molecule has 2 atom stereocenters. The number of nitrogens with zero attached hydrogens (tertiary/aromatic N) is 8. The van der Waals surface area contributed by atoms with Gasteiger partial charge in [-0.2, -0.15) is 10.2 Å². The van der Waals surface area contributed by atoms with Gasteiger partial charge in [-0.05, 0) is 75.5 Å². The number of amides is 2. The summed E-state index contributed by atoms with van der Waals surface area (Å²) >= 11 is 1.76. The van der Waals surface area contributed by atoms with E-state index in [1.807, 2.05) is 52.0 Å². The van der Waals surface area contributed by atoms with Crippen LogP contribution in [0.15, 0.2) is 88.7 Å². The second kappa shape index (κ2) is 22.2. The molecule has 0 radical (unpaired) electrons. The van der Waals surface area contributed by atoms with Gasteiger partial charge in [0.2, 0.25) is 0 Å². The lowest BCUT2D eigenvalue weighted by molar-refractivity contribution is 0.0296. The molecule has 0 bridgehead atoms. The molecule has 17 heteroatoms.